The van der Waals surface area contributed by atoms with Crippen molar-refractivity contribution in [2.24, 2.45) is 11.7 Å². The highest BCUT2D eigenvalue weighted by molar-refractivity contribution is 5.73. The number of hydrogen-bond acceptors (Lipinski definition) is 4. The minimum absolute atomic E-state index is 0.0154. The Morgan fingerprint density at radius 1 is 1.33 bits per heavy atom. The molecule has 1 aliphatic rings. The van der Waals surface area contributed by atoms with Crippen LogP contribution < -0.4 is 5.73 Å². The molecule has 0 aromatic rings. The van der Waals surface area contributed by atoms with Gasteiger partial charge in [-0.3, -0.25) is 4.79 Å². The molecule has 88 valence electrons. The first-order valence-corrected chi connectivity index (χ1v) is 5.75. The van der Waals surface area contributed by atoms with Crippen molar-refractivity contribution in [2.75, 3.05) is 19.8 Å². The van der Waals surface area contributed by atoms with E-state index in [1.165, 1.54) is 0 Å². The summed E-state index contributed by atoms with van der Waals surface area (Å²) in [5.41, 5.74) is 5.88. The molecule has 0 amide bonds. The Hall–Kier alpha value is -0.610. The lowest BCUT2D eigenvalue weighted by atomic mass is 9.85. The quantitative estimate of drug-likeness (QED) is 0.550. The van der Waals surface area contributed by atoms with Crippen LogP contribution >= 0.6 is 0 Å². The molecule has 1 fully saturated rings. The first-order valence-electron chi connectivity index (χ1n) is 5.75. The smallest absolute Gasteiger partial charge is 0.310 e. The summed E-state index contributed by atoms with van der Waals surface area (Å²) in [6, 6.07) is -0.0154. The van der Waals surface area contributed by atoms with E-state index < -0.39 is 0 Å². The van der Waals surface area contributed by atoms with Crippen LogP contribution in [0.3, 0.4) is 0 Å². The second-order valence-corrected chi connectivity index (χ2v) is 3.92. The summed E-state index contributed by atoms with van der Waals surface area (Å²) in [6.45, 7) is 3.39. The van der Waals surface area contributed by atoms with E-state index in [0.717, 1.165) is 25.7 Å². The zero-order valence-corrected chi connectivity index (χ0v) is 9.41. The largest absolute Gasteiger partial charge is 0.463 e. The molecular formula is C11H21NO3. The Morgan fingerprint density at radius 3 is 2.73 bits per heavy atom. The van der Waals surface area contributed by atoms with Gasteiger partial charge in [0, 0.05) is 12.6 Å². The fraction of sp³-hybridized carbons (Fsp3) is 0.909. The molecule has 0 aromatic heterocycles. The highest BCUT2D eigenvalue weighted by Crippen LogP contribution is 2.23. The lowest BCUT2D eigenvalue weighted by molar-refractivity contribution is -0.151. The van der Waals surface area contributed by atoms with Crippen molar-refractivity contribution in [1.82, 2.24) is 0 Å². The zero-order valence-electron chi connectivity index (χ0n) is 9.41. The van der Waals surface area contributed by atoms with Gasteiger partial charge in [-0.1, -0.05) is 12.8 Å². The van der Waals surface area contributed by atoms with Crippen LogP contribution in [-0.2, 0) is 14.3 Å². The topological polar surface area (TPSA) is 61.5 Å². The Morgan fingerprint density at radius 2 is 2.07 bits per heavy atom. The molecule has 1 rings (SSSR count). The molecule has 1 aliphatic carbocycles. The van der Waals surface area contributed by atoms with Crippen LogP contribution in [0.5, 0.6) is 0 Å². The van der Waals surface area contributed by atoms with Crippen molar-refractivity contribution in [2.45, 2.75) is 38.6 Å². The normalized spacial score (nSPS) is 26.3. The van der Waals surface area contributed by atoms with Crippen molar-refractivity contribution in [3.63, 3.8) is 0 Å². The Labute approximate surface area is 91.1 Å². The van der Waals surface area contributed by atoms with Gasteiger partial charge in [0.25, 0.3) is 0 Å². The maximum atomic E-state index is 11.6. The van der Waals surface area contributed by atoms with Crippen LogP contribution in [0.4, 0.5) is 0 Å². The monoisotopic (exact) mass is 215 g/mol. The lowest BCUT2D eigenvalue weighted by Gasteiger charge is -2.26. The third kappa shape index (κ3) is 4.18. The molecule has 2 atom stereocenters. The van der Waals surface area contributed by atoms with Crippen LogP contribution in [0.15, 0.2) is 0 Å². The van der Waals surface area contributed by atoms with Gasteiger partial charge in [0.15, 0.2) is 0 Å². The molecule has 4 heteroatoms. The number of rotatable bonds is 5. The zero-order chi connectivity index (χ0) is 11.1. The molecule has 2 unspecified atom stereocenters. The van der Waals surface area contributed by atoms with Crippen molar-refractivity contribution >= 4 is 5.97 Å². The SMILES string of the molecule is CCOCCOC(=O)C1CCCCC1N. The molecule has 2 N–H and O–H groups in total. The second-order valence-electron chi connectivity index (χ2n) is 3.92. The number of hydrogen-bond donors (Lipinski definition) is 1. The molecular weight excluding hydrogens is 194 g/mol. The van der Waals surface area contributed by atoms with Gasteiger partial charge in [-0.05, 0) is 19.8 Å². The van der Waals surface area contributed by atoms with Crippen molar-refractivity contribution in [1.29, 1.82) is 0 Å². The highest BCUT2D eigenvalue weighted by Gasteiger charge is 2.29. The third-order valence-electron chi connectivity index (χ3n) is 2.80. The third-order valence-corrected chi connectivity index (χ3v) is 2.80. The van der Waals surface area contributed by atoms with Gasteiger partial charge in [-0.25, -0.2) is 0 Å². The fourth-order valence-corrected chi connectivity index (χ4v) is 1.90. The summed E-state index contributed by atoms with van der Waals surface area (Å²) in [4.78, 5) is 11.6. The van der Waals surface area contributed by atoms with Gasteiger partial charge in [0.05, 0.1) is 12.5 Å². The van der Waals surface area contributed by atoms with E-state index in [9.17, 15) is 4.79 Å². The summed E-state index contributed by atoms with van der Waals surface area (Å²) >= 11 is 0. The van der Waals surface area contributed by atoms with Crippen LogP contribution in [0.1, 0.15) is 32.6 Å². The van der Waals surface area contributed by atoms with Gasteiger partial charge in [0.1, 0.15) is 6.61 Å². The molecule has 0 radical (unpaired) electrons. The van der Waals surface area contributed by atoms with Gasteiger partial charge in [-0.15, -0.1) is 0 Å². The van der Waals surface area contributed by atoms with Crippen molar-refractivity contribution in [3.8, 4) is 0 Å². The minimum atomic E-state index is -0.151. The summed E-state index contributed by atoms with van der Waals surface area (Å²) in [5.74, 6) is -0.248. The molecule has 0 spiro atoms. The summed E-state index contributed by atoms with van der Waals surface area (Å²) in [7, 11) is 0. The molecule has 15 heavy (non-hydrogen) atoms. The van der Waals surface area contributed by atoms with Crippen LogP contribution in [0, 0.1) is 5.92 Å². The molecule has 0 aromatic carbocycles. The standard InChI is InChI=1S/C11H21NO3/c1-2-14-7-8-15-11(13)9-5-3-4-6-10(9)12/h9-10H,2-8,12H2,1H3. The number of ether oxygens (including phenoxy) is 2. The van der Waals surface area contributed by atoms with Crippen molar-refractivity contribution < 1.29 is 14.3 Å². The Bertz CT molecular complexity index is 196. The first-order chi connectivity index (χ1) is 7.25. The van der Waals surface area contributed by atoms with Crippen LogP contribution in [-0.4, -0.2) is 31.8 Å². The lowest BCUT2D eigenvalue weighted by Crippen LogP contribution is -2.39. The predicted molar refractivity (Wildman–Crippen MR) is 57.4 cm³/mol. The van der Waals surface area contributed by atoms with Gasteiger partial charge in [-0.2, -0.15) is 0 Å². The van der Waals surface area contributed by atoms with E-state index in [1.54, 1.807) is 0 Å². The number of carbonyl (C=O) groups is 1. The molecule has 0 heterocycles. The molecule has 1 saturated carbocycles. The highest BCUT2D eigenvalue weighted by atomic mass is 16.6. The average Bonchev–Trinajstić information content (AvgIpc) is 2.25. The molecule has 0 bridgehead atoms. The summed E-state index contributed by atoms with van der Waals surface area (Å²) in [5, 5.41) is 0. The van der Waals surface area contributed by atoms with E-state index in [0.29, 0.717) is 19.8 Å². The van der Waals surface area contributed by atoms with Gasteiger partial charge in [0.2, 0.25) is 0 Å². The minimum Gasteiger partial charge on any atom is -0.463 e. The van der Waals surface area contributed by atoms with Gasteiger partial charge < -0.3 is 15.2 Å². The fourth-order valence-electron chi connectivity index (χ4n) is 1.90. The average molecular weight is 215 g/mol. The second kappa shape index (κ2) is 6.80. The summed E-state index contributed by atoms with van der Waals surface area (Å²) < 4.78 is 10.2. The predicted octanol–water partition coefficient (Wildman–Crippen LogP) is 1.08. The van der Waals surface area contributed by atoms with E-state index in [-0.39, 0.29) is 17.9 Å². The van der Waals surface area contributed by atoms with Crippen LogP contribution in [0.2, 0.25) is 0 Å². The maximum absolute atomic E-state index is 11.6. The van der Waals surface area contributed by atoms with E-state index in [1.807, 2.05) is 6.92 Å². The number of nitrogens with two attached hydrogens (primary N) is 1. The number of esters is 1. The maximum Gasteiger partial charge on any atom is 0.310 e. The molecule has 0 saturated heterocycles. The van der Waals surface area contributed by atoms with Gasteiger partial charge >= 0.3 is 5.97 Å². The van der Waals surface area contributed by atoms with Crippen LogP contribution in [0.25, 0.3) is 0 Å². The molecule has 4 nitrogen and oxygen atoms in total. The van der Waals surface area contributed by atoms with E-state index >= 15 is 0 Å². The van der Waals surface area contributed by atoms with E-state index in [4.69, 9.17) is 15.2 Å². The van der Waals surface area contributed by atoms with Crippen molar-refractivity contribution in [3.05, 3.63) is 0 Å². The van der Waals surface area contributed by atoms with E-state index in [2.05, 4.69) is 0 Å². The molecule has 0 aliphatic heterocycles. The number of carbonyl (C=O) groups excluding carboxylic acids is 1. The summed E-state index contributed by atoms with van der Waals surface area (Å²) in [6.07, 6.45) is 4.02. The first kappa shape index (κ1) is 12.5. The Balaban J connectivity index is 2.20. The Kier molecular flexibility index (Phi) is 5.65.